The maximum Gasteiger partial charge on any atom is 0.291 e. The smallest absolute Gasteiger partial charge is 0.291 e. The van der Waals surface area contributed by atoms with E-state index in [1.807, 2.05) is 30.3 Å². The highest BCUT2D eigenvalue weighted by atomic mass is 35.5. The van der Waals surface area contributed by atoms with Gasteiger partial charge in [-0.15, -0.1) is 5.10 Å². The minimum absolute atomic E-state index is 0.237. The highest BCUT2D eigenvalue weighted by Gasteiger charge is 2.14. The van der Waals surface area contributed by atoms with Crippen LogP contribution in [0.4, 0.5) is 0 Å². The van der Waals surface area contributed by atoms with Gasteiger partial charge in [0, 0.05) is 17.2 Å². The van der Waals surface area contributed by atoms with Crippen LogP contribution in [0.15, 0.2) is 47.3 Å². The highest BCUT2D eigenvalue weighted by molar-refractivity contribution is 7.15. The zero-order valence-corrected chi connectivity index (χ0v) is 16.0. The predicted molar refractivity (Wildman–Crippen MR) is 106 cm³/mol. The number of halogens is 1. The number of hydrogen-bond donors (Lipinski definition) is 0. The summed E-state index contributed by atoms with van der Waals surface area (Å²) in [6.45, 7) is 0. The average molecular weight is 400 g/mol. The van der Waals surface area contributed by atoms with Crippen LogP contribution in [0, 0.1) is 0 Å². The van der Waals surface area contributed by atoms with Crippen molar-refractivity contribution < 1.29 is 9.47 Å². The lowest BCUT2D eigenvalue weighted by molar-refractivity contribution is 0.393. The first-order chi connectivity index (χ1) is 13.1. The van der Waals surface area contributed by atoms with Gasteiger partial charge in [-0.2, -0.15) is 9.50 Å². The van der Waals surface area contributed by atoms with E-state index in [1.165, 1.54) is 15.9 Å². The van der Waals surface area contributed by atoms with Gasteiger partial charge in [0.15, 0.2) is 5.82 Å². The summed E-state index contributed by atoms with van der Waals surface area (Å²) in [6, 6.07) is 12.7. The molecule has 0 aliphatic heterocycles. The summed E-state index contributed by atoms with van der Waals surface area (Å²) in [6.07, 6.45) is 1.76. The number of methoxy groups -OCH3 is 2. The fourth-order valence-corrected chi connectivity index (χ4v) is 3.79. The van der Waals surface area contributed by atoms with Gasteiger partial charge >= 0.3 is 0 Å². The van der Waals surface area contributed by atoms with E-state index in [2.05, 4.69) is 10.1 Å². The van der Waals surface area contributed by atoms with Crippen molar-refractivity contribution in [1.29, 1.82) is 0 Å². The van der Waals surface area contributed by atoms with Gasteiger partial charge in [-0.3, -0.25) is 4.79 Å². The Balaban J connectivity index is 1.82. The van der Waals surface area contributed by atoms with Crippen LogP contribution in [0.1, 0.15) is 5.56 Å². The van der Waals surface area contributed by atoms with Crippen LogP contribution in [0.5, 0.6) is 11.5 Å². The Morgan fingerprint density at radius 1 is 1.15 bits per heavy atom. The lowest BCUT2D eigenvalue weighted by atomic mass is 10.2. The molecule has 0 aliphatic carbocycles. The van der Waals surface area contributed by atoms with Crippen LogP contribution in [-0.2, 0) is 0 Å². The van der Waals surface area contributed by atoms with Crippen molar-refractivity contribution in [2.24, 2.45) is 0 Å². The van der Waals surface area contributed by atoms with E-state index >= 15 is 0 Å². The second kappa shape index (κ2) is 7.02. The lowest BCUT2D eigenvalue weighted by Gasteiger charge is -2.06. The minimum Gasteiger partial charge on any atom is -0.497 e. The third kappa shape index (κ3) is 3.15. The van der Waals surface area contributed by atoms with Gasteiger partial charge in [0.05, 0.1) is 23.8 Å². The molecule has 0 radical (unpaired) electrons. The van der Waals surface area contributed by atoms with E-state index in [4.69, 9.17) is 21.1 Å². The Labute approximate surface area is 163 Å². The third-order valence-corrected chi connectivity index (χ3v) is 5.31. The molecule has 2 aromatic heterocycles. The summed E-state index contributed by atoms with van der Waals surface area (Å²) < 4.78 is 12.4. The second-order valence-electron chi connectivity index (χ2n) is 5.63. The van der Waals surface area contributed by atoms with E-state index < -0.39 is 0 Å². The van der Waals surface area contributed by atoms with Crippen LogP contribution >= 0.6 is 22.9 Å². The first-order valence-electron chi connectivity index (χ1n) is 7.99. The first kappa shape index (κ1) is 17.5. The van der Waals surface area contributed by atoms with Gasteiger partial charge in [0.2, 0.25) is 4.96 Å². The number of ether oxygens (including phenoxy) is 2. The van der Waals surface area contributed by atoms with Gasteiger partial charge < -0.3 is 9.47 Å². The summed E-state index contributed by atoms with van der Waals surface area (Å²) in [5.74, 6) is 1.72. The summed E-state index contributed by atoms with van der Waals surface area (Å²) in [5, 5.41) is 4.86. The first-order valence-corrected chi connectivity index (χ1v) is 9.18. The number of benzene rings is 2. The summed E-state index contributed by atoms with van der Waals surface area (Å²) >= 11 is 7.46. The van der Waals surface area contributed by atoms with Gasteiger partial charge in [-0.25, -0.2) is 0 Å². The number of aromatic nitrogens is 3. The van der Waals surface area contributed by atoms with Crippen molar-refractivity contribution in [1.82, 2.24) is 14.6 Å². The second-order valence-corrected chi connectivity index (χ2v) is 7.05. The SMILES string of the molecule is COc1ccc(/C=c2/sc3nc(-c4ccccc4Cl)nn3c2=O)c(OC)c1. The van der Waals surface area contributed by atoms with Gasteiger partial charge in [-0.05, 0) is 30.3 Å². The largest absolute Gasteiger partial charge is 0.497 e. The van der Waals surface area contributed by atoms with Gasteiger partial charge in [-0.1, -0.05) is 35.1 Å². The Morgan fingerprint density at radius 2 is 1.96 bits per heavy atom. The molecule has 0 atom stereocenters. The fourth-order valence-electron chi connectivity index (χ4n) is 2.67. The van der Waals surface area contributed by atoms with E-state index in [0.29, 0.717) is 37.4 Å². The summed E-state index contributed by atoms with van der Waals surface area (Å²) in [7, 11) is 3.16. The number of fused-ring (bicyclic) bond motifs is 1. The van der Waals surface area contributed by atoms with E-state index in [-0.39, 0.29) is 5.56 Å². The van der Waals surface area contributed by atoms with Gasteiger partial charge in [0.25, 0.3) is 5.56 Å². The van der Waals surface area contributed by atoms with E-state index in [9.17, 15) is 4.79 Å². The number of nitrogens with zero attached hydrogens (tertiary/aromatic N) is 3. The molecule has 27 heavy (non-hydrogen) atoms. The maximum absolute atomic E-state index is 12.7. The van der Waals surface area contributed by atoms with Crippen molar-refractivity contribution in [3.63, 3.8) is 0 Å². The number of hydrogen-bond acceptors (Lipinski definition) is 6. The summed E-state index contributed by atoms with van der Waals surface area (Å²) in [5.41, 5.74) is 1.22. The normalized spacial score (nSPS) is 11.9. The standard InChI is InChI=1S/C19H14ClN3O3S/c1-25-12-8-7-11(15(10-12)26-2)9-16-18(24)23-19(27-16)21-17(22-23)13-5-3-4-6-14(13)20/h3-10H,1-2H3/b16-9+. The molecule has 136 valence electrons. The molecular formula is C19H14ClN3O3S. The maximum atomic E-state index is 12.7. The molecule has 4 rings (SSSR count). The molecule has 0 saturated heterocycles. The summed E-state index contributed by atoms with van der Waals surface area (Å²) in [4.78, 5) is 17.7. The average Bonchev–Trinajstić information content (AvgIpc) is 3.22. The van der Waals surface area contributed by atoms with Crippen molar-refractivity contribution in [2.45, 2.75) is 0 Å². The molecule has 0 fully saturated rings. The Hall–Kier alpha value is -2.90. The molecule has 4 aromatic rings. The zero-order valence-electron chi connectivity index (χ0n) is 14.5. The molecule has 0 unspecified atom stereocenters. The molecule has 2 aromatic carbocycles. The Morgan fingerprint density at radius 3 is 2.67 bits per heavy atom. The van der Waals surface area contributed by atoms with E-state index in [1.54, 1.807) is 32.4 Å². The van der Waals surface area contributed by atoms with E-state index in [0.717, 1.165) is 5.56 Å². The molecule has 0 N–H and O–H groups in total. The predicted octanol–water partition coefficient (Wildman–Crippen LogP) is 3.04. The van der Waals surface area contributed by atoms with Crippen molar-refractivity contribution in [3.05, 3.63) is 67.9 Å². The molecule has 0 saturated carbocycles. The fraction of sp³-hybridized carbons (Fsp3) is 0.105. The molecule has 0 aliphatic rings. The molecule has 2 heterocycles. The van der Waals surface area contributed by atoms with Crippen LogP contribution in [0.3, 0.4) is 0 Å². The molecule has 8 heteroatoms. The van der Waals surface area contributed by atoms with Crippen molar-refractivity contribution in [2.75, 3.05) is 14.2 Å². The number of thiazole rings is 1. The molecule has 6 nitrogen and oxygen atoms in total. The zero-order chi connectivity index (χ0) is 19.0. The Bertz CT molecular complexity index is 1250. The quantitative estimate of drug-likeness (QED) is 0.527. The number of rotatable bonds is 4. The van der Waals surface area contributed by atoms with Crippen LogP contribution in [0.2, 0.25) is 5.02 Å². The van der Waals surface area contributed by atoms with Crippen LogP contribution < -0.4 is 19.6 Å². The highest BCUT2D eigenvalue weighted by Crippen LogP contribution is 2.26. The molecular weight excluding hydrogens is 386 g/mol. The Kier molecular flexibility index (Phi) is 4.55. The topological polar surface area (TPSA) is 65.7 Å². The monoisotopic (exact) mass is 399 g/mol. The van der Waals surface area contributed by atoms with Crippen molar-refractivity contribution >= 4 is 34.0 Å². The molecule has 0 bridgehead atoms. The third-order valence-electron chi connectivity index (χ3n) is 4.02. The van der Waals surface area contributed by atoms with Gasteiger partial charge in [0.1, 0.15) is 11.5 Å². The lowest BCUT2D eigenvalue weighted by Crippen LogP contribution is -2.23. The molecule has 0 spiro atoms. The van der Waals surface area contributed by atoms with Crippen LogP contribution in [-0.4, -0.2) is 28.8 Å². The van der Waals surface area contributed by atoms with Crippen molar-refractivity contribution in [3.8, 4) is 22.9 Å². The van der Waals surface area contributed by atoms with Crippen LogP contribution in [0.25, 0.3) is 22.4 Å². The minimum atomic E-state index is -0.237. The molecule has 0 amide bonds.